The number of halogens is 1. The van der Waals surface area contributed by atoms with E-state index in [9.17, 15) is 14.5 Å². The second-order valence-electron chi connectivity index (χ2n) is 3.32. The van der Waals surface area contributed by atoms with Crippen molar-refractivity contribution in [1.82, 2.24) is 9.78 Å². The molecule has 0 saturated carbocycles. The smallest absolute Gasteiger partial charge is 0.270 e. The zero-order chi connectivity index (χ0) is 13.7. The minimum Gasteiger partial charge on any atom is -0.275 e. The van der Waals surface area contributed by atoms with Gasteiger partial charge in [-0.05, 0) is 6.07 Å². The Morgan fingerprint density at radius 2 is 2.06 bits per heavy atom. The van der Waals surface area contributed by atoms with E-state index in [1.807, 2.05) is 13.8 Å². The Kier molecular flexibility index (Phi) is 4.53. The van der Waals surface area contributed by atoms with Crippen molar-refractivity contribution in [2.24, 2.45) is 7.05 Å². The van der Waals surface area contributed by atoms with Crippen molar-refractivity contribution in [3.8, 4) is 11.1 Å². The van der Waals surface area contributed by atoms with Crippen molar-refractivity contribution in [1.29, 1.82) is 0 Å². The molecular formula is C12H14FN3O2. The van der Waals surface area contributed by atoms with Gasteiger partial charge in [-0.25, -0.2) is 4.39 Å². The average molecular weight is 251 g/mol. The molecule has 18 heavy (non-hydrogen) atoms. The normalized spacial score (nSPS) is 9.56. The maximum absolute atomic E-state index is 13.5. The van der Waals surface area contributed by atoms with Gasteiger partial charge in [0.15, 0.2) is 0 Å². The Labute approximate surface area is 104 Å². The molecule has 1 aromatic heterocycles. The lowest BCUT2D eigenvalue weighted by Crippen LogP contribution is -1.90. The third kappa shape index (κ3) is 2.91. The average Bonchev–Trinajstić information content (AvgIpc) is 2.78. The monoisotopic (exact) mass is 251 g/mol. The Bertz CT molecular complexity index is 552. The first kappa shape index (κ1) is 13.8. The number of aromatic nitrogens is 2. The highest BCUT2D eigenvalue weighted by Gasteiger charge is 2.13. The summed E-state index contributed by atoms with van der Waals surface area (Å²) in [6.07, 6.45) is 3.06. The maximum Gasteiger partial charge on any atom is 0.270 e. The maximum atomic E-state index is 13.5. The first-order chi connectivity index (χ1) is 8.58. The number of hydrogen-bond acceptors (Lipinski definition) is 3. The van der Waals surface area contributed by atoms with Gasteiger partial charge in [-0.15, -0.1) is 0 Å². The van der Waals surface area contributed by atoms with Gasteiger partial charge < -0.3 is 0 Å². The van der Waals surface area contributed by atoms with Crippen LogP contribution in [-0.4, -0.2) is 14.7 Å². The third-order valence-electron chi connectivity index (χ3n) is 2.18. The van der Waals surface area contributed by atoms with E-state index in [4.69, 9.17) is 0 Å². The van der Waals surface area contributed by atoms with Crippen LogP contribution in [0.3, 0.4) is 0 Å². The molecule has 0 N–H and O–H groups in total. The molecule has 1 aromatic carbocycles. The van der Waals surface area contributed by atoms with Gasteiger partial charge in [0.1, 0.15) is 5.82 Å². The lowest BCUT2D eigenvalue weighted by molar-refractivity contribution is -0.384. The molecular weight excluding hydrogens is 237 g/mol. The summed E-state index contributed by atoms with van der Waals surface area (Å²) in [4.78, 5) is 10.0. The van der Waals surface area contributed by atoms with Gasteiger partial charge in [0.05, 0.1) is 11.1 Å². The number of rotatable bonds is 2. The summed E-state index contributed by atoms with van der Waals surface area (Å²) < 4.78 is 15.0. The van der Waals surface area contributed by atoms with E-state index in [1.165, 1.54) is 16.9 Å². The fourth-order valence-electron chi connectivity index (χ4n) is 1.41. The van der Waals surface area contributed by atoms with Crippen LogP contribution < -0.4 is 0 Å². The molecule has 0 amide bonds. The molecule has 0 aliphatic heterocycles. The van der Waals surface area contributed by atoms with Crippen LogP contribution in [0.5, 0.6) is 0 Å². The van der Waals surface area contributed by atoms with Crippen LogP contribution in [0, 0.1) is 15.9 Å². The molecule has 5 nitrogen and oxygen atoms in total. The summed E-state index contributed by atoms with van der Waals surface area (Å²) in [5.41, 5.74) is 0.561. The van der Waals surface area contributed by atoms with Gasteiger partial charge in [0.25, 0.3) is 5.69 Å². The summed E-state index contributed by atoms with van der Waals surface area (Å²) in [5, 5.41) is 14.5. The highest BCUT2D eigenvalue weighted by atomic mass is 19.1. The van der Waals surface area contributed by atoms with Gasteiger partial charge in [0, 0.05) is 36.5 Å². The van der Waals surface area contributed by atoms with E-state index in [0.29, 0.717) is 5.56 Å². The minimum atomic E-state index is -0.556. The van der Waals surface area contributed by atoms with Crippen molar-refractivity contribution >= 4 is 5.69 Å². The van der Waals surface area contributed by atoms with E-state index in [-0.39, 0.29) is 11.3 Å². The van der Waals surface area contributed by atoms with E-state index >= 15 is 0 Å². The molecule has 0 radical (unpaired) electrons. The standard InChI is InChI=1S/C10H8FN3O2.C2H6/c1-13-6-7(5-12-13)9-4-8(14(15)16)2-3-10(9)11;1-2/h2-6H,1H3;1-2H3. The minimum absolute atomic E-state index is 0.139. The summed E-state index contributed by atoms with van der Waals surface area (Å²) in [7, 11) is 1.69. The van der Waals surface area contributed by atoms with Gasteiger partial charge in [0.2, 0.25) is 0 Å². The molecule has 2 rings (SSSR count). The number of nitro benzene ring substituents is 1. The lowest BCUT2D eigenvalue weighted by atomic mass is 10.1. The number of nitro groups is 1. The molecule has 0 aliphatic rings. The number of benzene rings is 1. The fourth-order valence-corrected chi connectivity index (χ4v) is 1.41. The molecule has 96 valence electrons. The highest BCUT2D eigenvalue weighted by Crippen LogP contribution is 2.26. The van der Waals surface area contributed by atoms with Crippen molar-refractivity contribution in [3.05, 3.63) is 46.5 Å². The predicted molar refractivity (Wildman–Crippen MR) is 66.6 cm³/mol. The molecule has 0 saturated heterocycles. The zero-order valence-corrected chi connectivity index (χ0v) is 10.4. The van der Waals surface area contributed by atoms with Crippen LogP contribution in [-0.2, 0) is 7.05 Å². The molecule has 0 bridgehead atoms. The van der Waals surface area contributed by atoms with Crippen LogP contribution >= 0.6 is 0 Å². The quantitative estimate of drug-likeness (QED) is 0.608. The Balaban J connectivity index is 0.000000771. The van der Waals surface area contributed by atoms with Gasteiger partial charge in [-0.3, -0.25) is 14.8 Å². The van der Waals surface area contributed by atoms with E-state index in [1.54, 1.807) is 13.2 Å². The molecule has 0 unspecified atom stereocenters. The van der Waals surface area contributed by atoms with Crippen LogP contribution in [0.15, 0.2) is 30.6 Å². The lowest BCUT2D eigenvalue weighted by Gasteiger charge is -1.99. The van der Waals surface area contributed by atoms with Crippen molar-refractivity contribution in [2.75, 3.05) is 0 Å². The SMILES string of the molecule is CC.Cn1cc(-c2cc([N+](=O)[O-])ccc2F)cn1. The third-order valence-corrected chi connectivity index (χ3v) is 2.18. The Morgan fingerprint density at radius 1 is 1.39 bits per heavy atom. The summed E-state index contributed by atoms with van der Waals surface area (Å²) in [6, 6.07) is 3.42. The predicted octanol–water partition coefficient (Wildman–Crippen LogP) is 3.16. The van der Waals surface area contributed by atoms with Crippen molar-refractivity contribution < 1.29 is 9.31 Å². The second kappa shape index (κ2) is 5.90. The second-order valence-corrected chi connectivity index (χ2v) is 3.32. The largest absolute Gasteiger partial charge is 0.275 e. The first-order valence-corrected chi connectivity index (χ1v) is 5.51. The van der Waals surface area contributed by atoms with Crippen LogP contribution in [0.2, 0.25) is 0 Å². The number of nitrogens with zero attached hydrogens (tertiary/aromatic N) is 3. The first-order valence-electron chi connectivity index (χ1n) is 5.51. The molecule has 2 aromatic rings. The van der Waals surface area contributed by atoms with Crippen molar-refractivity contribution in [3.63, 3.8) is 0 Å². The zero-order valence-electron chi connectivity index (χ0n) is 10.4. The summed E-state index contributed by atoms with van der Waals surface area (Å²) in [5.74, 6) is -0.501. The van der Waals surface area contributed by atoms with Crippen molar-refractivity contribution in [2.45, 2.75) is 13.8 Å². The van der Waals surface area contributed by atoms with Crippen LogP contribution in [0.1, 0.15) is 13.8 Å². The van der Waals surface area contributed by atoms with Crippen LogP contribution in [0.4, 0.5) is 10.1 Å². The highest BCUT2D eigenvalue weighted by molar-refractivity contribution is 5.65. The van der Waals surface area contributed by atoms with Gasteiger partial charge in [-0.2, -0.15) is 5.10 Å². The molecule has 0 aliphatic carbocycles. The molecule has 0 spiro atoms. The molecule has 0 atom stereocenters. The number of aryl methyl sites for hydroxylation is 1. The van der Waals surface area contributed by atoms with E-state index in [2.05, 4.69) is 5.10 Å². The Morgan fingerprint density at radius 3 is 2.56 bits per heavy atom. The van der Waals surface area contributed by atoms with E-state index < -0.39 is 10.7 Å². The van der Waals surface area contributed by atoms with Gasteiger partial charge in [-0.1, -0.05) is 13.8 Å². The number of hydrogen-bond donors (Lipinski definition) is 0. The van der Waals surface area contributed by atoms with Gasteiger partial charge >= 0.3 is 0 Å². The molecule has 1 heterocycles. The fraction of sp³-hybridized carbons (Fsp3) is 0.250. The van der Waals surface area contributed by atoms with E-state index in [0.717, 1.165) is 12.1 Å². The topological polar surface area (TPSA) is 61.0 Å². The number of non-ortho nitro benzene ring substituents is 1. The summed E-state index contributed by atoms with van der Waals surface area (Å²) in [6.45, 7) is 4.00. The van der Waals surface area contributed by atoms with Crippen LogP contribution in [0.25, 0.3) is 11.1 Å². The Hall–Kier alpha value is -2.24. The summed E-state index contributed by atoms with van der Waals surface area (Å²) >= 11 is 0. The molecule has 0 fully saturated rings. The molecule has 6 heteroatoms.